The van der Waals surface area contributed by atoms with Crippen molar-refractivity contribution >= 4 is 11.7 Å². The molecule has 6 nitrogen and oxygen atoms in total. The van der Waals surface area contributed by atoms with Gasteiger partial charge in [-0.2, -0.15) is 0 Å². The van der Waals surface area contributed by atoms with Crippen LogP contribution in [0.3, 0.4) is 0 Å². The summed E-state index contributed by atoms with van der Waals surface area (Å²) >= 11 is 0. The molecule has 0 atom stereocenters. The van der Waals surface area contributed by atoms with E-state index in [0.717, 1.165) is 56.3 Å². The number of rotatable bonds is 6. The highest BCUT2D eigenvalue weighted by Crippen LogP contribution is 2.18. The first kappa shape index (κ1) is 19.0. The van der Waals surface area contributed by atoms with E-state index in [1.807, 2.05) is 41.3 Å². The van der Waals surface area contributed by atoms with Gasteiger partial charge >= 0.3 is 6.03 Å². The molecule has 1 N–H and O–H groups in total. The molecule has 0 aliphatic carbocycles. The number of nitrogens with one attached hydrogen (secondary N) is 1. The average molecular weight is 369 g/mol. The number of urea groups is 1. The Morgan fingerprint density at radius 2 is 1.63 bits per heavy atom. The van der Waals surface area contributed by atoms with E-state index in [0.29, 0.717) is 0 Å². The maximum atomic E-state index is 12.5. The summed E-state index contributed by atoms with van der Waals surface area (Å²) in [6.07, 6.45) is 0.979. The van der Waals surface area contributed by atoms with Crippen LogP contribution in [0.25, 0.3) is 0 Å². The van der Waals surface area contributed by atoms with Crippen molar-refractivity contribution in [3.8, 4) is 11.5 Å². The number of amides is 2. The Labute approximate surface area is 160 Å². The van der Waals surface area contributed by atoms with Gasteiger partial charge in [-0.15, -0.1) is 0 Å². The van der Waals surface area contributed by atoms with Crippen molar-refractivity contribution in [1.29, 1.82) is 0 Å². The Kier molecular flexibility index (Phi) is 6.54. The van der Waals surface area contributed by atoms with Gasteiger partial charge in [0.1, 0.15) is 11.5 Å². The minimum atomic E-state index is -0.0595. The number of anilines is 1. The molecule has 0 radical (unpaired) electrons. The topological polar surface area (TPSA) is 54.0 Å². The van der Waals surface area contributed by atoms with Crippen LogP contribution >= 0.6 is 0 Å². The van der Waals surface area contributed by atoms with Crippen LogP contribution in [0, 0.1) is 0 Å². The smallest absolute Gasteiger partial charge is 0.321 e. The first-order chi connectivity index (χ1) is 13.2. The lowest BCUT2D eigenvalue weighted by Gasteiger charge is -2.34. The highest BCUT2D eigenvalue weighted by molar-refractivity contribution is 5.89. The van der Waals surface area contributed by atoms with Crippen molar-refractivity contribution < 1.29 is 14.3 Å². The van der Waals surface area contributed by atoms with Crippen molar-refractivity contribution in [3.63, 3.8) is 0 Å². The van der Waals surface area contributed by atoms with Gasteiger partial charge in [0.25, 0.3) is 0 Å². The number of hydrogen-bond acceptors (Lipinski definition) is 4. The van der Waals surface area contributed by atoms with Crippen LogP contribution in [0.2, 0.25) is 0 Å². The lowest BCUT2D eigenvalue weighted by Crippen LogP contribution is -2.50. The summed E-state index contributed by atoms with van der Waals surface area (Å²) in [5.41, 5.74) is 2.02. The summed E-state index contributed by atoms with van der Waals surface area (Å²) in [7, 11) is 3.31. The molecule has 1 saturated heterocycles. The highest BCUT2D eigenvalue weighted by Gasteiger charge is 2.21. The maximum Gasteiger partial charge on any atom is 0.321 e. The monoisotopic (exact) mass is 369 g/mol. The van der Waals surface area contributed by atoms with Crippen molar-refractivity contribution in [2.75, 3.05) is 52.3 Å². The normalized spacial score (nSPS) is 14.7. The molecule has 0 saturated carbocycles. The molecular weight excluding hydrogens is 342 g/mol. The van der Waals surface area contributed by atoms with Crippen molar-refractivity contribution in [1.82, 2.24) is 9.80 Å². The van der Waals surface area contributed by atoms with Gasteiger partial charge in [0.15, 0.2) is 0 Å². The number of piperazine rings is 1. The molecule has 27 heavy (non-hydrogen) atoms. The Morgan fingerprint density at radius 3 is 2.33 bits per heavy atom. The molecule has 2 amide bonds. The first-order valence-electron chi connectivity index (χ1n) is 9.23. The van der Waals surface area contributed by atoms with Gasteiger partial charge in [0, 0.05) is 44.5 Å². The van der Waals surface area contributed by atoms with E-state index >= 15 is 0 Å². The molecule has 3 rings (SSSR count). The van der Waals surface area contributed by atoms with Crippen LogP contribution in [0.5, 0.6) is 11.5 Å². The van der Waals surface area contributed by atoms with Crippen molar-refractivity contribution in [2.45, 2.75) is 6.42 Å². The zero-order chi connectivity index (χ0) is 19.1. The minimum Gasteiger partial charge on any atom is -0.497 e. The van der Waals surface area contributed by atoms with Gasteiger partial charge in [0.05, 0.1) is 14.2 Å². The quantitative estimate of drug-likeness (QED) is 0.850. The van der Waals surface area contributed by atoms with Gasteiger partial charge < -0.3 is 19.7 Å². The second kappa shape index (κ2) is 9.28. The van der Waals surface area contributed by atoms with E-state index in [1.54, 1.807) is 14.2 Å². The van der Waals surface area contributed by atoms with Crippen LogP contribution in [0.1, 0.15) is 5.56 Å². The molecule has 1 aliphatic heterocycles. The molecular formula is C21H27N3O3. The van der Waals surface area contributed by atoms with Gasteiger partial charge in [-0.25, -0.2) is 4.79 Å². The molecule has 6 heteroatoms. The van der Waals surface area contributed by atoms with Crippen molar-refractivity contribution in [3.05, 3.63) is 54.1 Å². The average Bonchev–Trinajstić information content (AvgIpc) is 2.73. The fourth-order valence-electron chi connectivity index (χ4n) is 3.19. The third kappa shape index (κ3) is 5.37. The second-order valence-electron chi connectivity index (χ2n) is 6.59. The fraction of sp³-hybridized carbons (Fsp3) is 0.381. The summed E-state index contributed by atoms with van der Waals surface area (Å²) in [6.45, 7) is 4.21. The predicted molar refractivity (Wildman–Crippen MR) is 107 cm³/mol. The number of carbonyl (C=O) groups is 1. The number of nitrogens with zero attached hydrogens (tertiary/aromatic N) is 2. The van der Waals surface area contributed by atoms with Crippen LogP contribution in [-0.2, 0) is 6.42 Å². The Balaban J connectivity index is 1.44. The summed E-state index contributed by atoms with van der Waals surface area (Å²) < 4.78 is 10.5. The Bertz CT molecular complexity index is 758. The summed E-state index contributed by atoms with van der Waals surface area (Å²) in [5.74, 6) is 1.63. The SMILES string of the molecule is COc1cccc(CCN2CCN(C(=O)Nc3cccc(OC)c3)CC2)c1. The van der Waals surface area contributed by atoms with E-state index in [-0.39, 0.29) is 6.03 Å². The molecule has 0 spiro atoms. The molecule has 1 heterocycles. The molecule has 1 fully saturated rings. The number of benzene rings is 2. The van der Waals surface area contributed by atoms with Crippen LogP contribution in [-0.4, -0.2) is 62.8 Å². The van der Waals surface area contributed by atoms with E-state index in [4.69, 9.17) is 9.47 Å². The maximum absolute atomic E-state index is 12.5. The van der Waals surface area contributed by atoms with Crippen molar-refractivity contribution in [2.24, 2.45) is 0 Å². The molecule has 2 aromatic carbocycles. The largest absolute Gasteiger partial charge is 0.497 e. The molecule has 1 aliphatic rings. The predicted octanol–water partition coefficient (Wildman–Crippen LogP) is 3.10. The Morgan fingerprint density at radius 1 is 0.963 bits per heavy atom. The zero-order valence-electron chi connectivity index (χ0n) is 16.0. The van der Waals surface area contributed by atoms with Crippen LogP contribution in [0.15, 0.2) is 48.5 Å². The van der Waals surface area contributed by atoms with E-state index in [1.165, 1.54) is 5.56 Å². The highest BCUT2D eigenvalue weighted by atomic mass is 16.5. The second-order valence-corrected chi connectivity index (χ2v) is 6.59. The lowest BCUT2D eigenvalue weighted by molar-refractivity contribution is 0.148. The fourth-order valence-corrected chi connectivity index (χ4v) is 3.19. The summed E-state index contributed by atoms with van der Waals surface area (Å²) in [6, 6.07) is 15.5. The van der Waals surface area contributed by atoms with Crippen LogP contribution in [0.4, 0.5) is 10.5 Å². The van der Waals surface area contributed by atoms with E-state index in [9.17, 15) is 4.79 Å². The van der Waals surface area contributed by atoms with Gasteiger partial charge in [-0.05, 0) is 36.2 Å². The molecule has 0 aromatic heterocycles. The lowest BCUT2D eigenvalue weighted by atomic mass is 10.1. The van der Waals surface area contributed by atoms with E-state index < -0.39 is 0 Å². The van der Waals surface area contributed by atoms with E-state index in [2.05, 4.69) is 22.3 Å². The Hall–Kier alpha value is -2.73. The molecule has 0 bridgehead atoms. The molecule has 0 unspecified atom stereocenters. The number of methoxy groups -OCH3 is 2. The molecule has 2 aromatic rings. The number of ether oxygens (including phenoxy) is 2. The standard InChI is InChI=1S/C21H27N3O3/c1-26-19-7-3-5-17(15-19)9-10-23-11-13-24(14-12-23)21(25)22-18-6-4-8-20(16-18)27-2/h3-8,15-16H,9-14H2,1-2H3,(H,22,25). The van der Waals surface area contributed by atoms with Gasteiger partial charge in [-0.1, -0.05) is 18.2 Å². The summed E-state index contributed by atoms with van der Waals surface area (Å²) in [5, 5.41) is 2.95. The first-order valence-corrected chi connectivity index (χ1v) is 9.23. The number of hydrogen-bond donors (Lipinski definition) is 1. The third-order valence-electron chi connectivity index (χ3n) is 4.83. The number of carbonyl (C=O) groups excluding carboxylic acids is 1. The summed E-state index contributed by atoms with van der Waals surface area (Å²) in [4.78, 5) is 16.7. The van der Waals surface area contributed by atoms with Gasteiger partial charge in [-0.3, -0.25) is 4.90 Å². The third-order valence-corrected chi connectivity index (χ3v) is 4.83. The molecule has 144 valence electrons. The minimum absolute atomic E-state index is 0.0595. The van der Waals surface area contributed by atoms with Crippen LogP contribution < -0.4 is 14.8 Å². The van der Waals surface area contributed by atoms with Gasteiger partial charge in [0.2, 0.25) is 0 Å². The zero-order valence-corrected chi connectivity index (χ0v) is 16.0.